The first-order chi connectivity index (χ1) is 14.5. The summed E-state index contributed by atoms with van der Waals surface area (Å²) in [6.45, 7) is 1.96. The standard InChI is InChI=1S/C24H31N3O3/c1-26(2)24(28)15-30-23-11-17-9-10-27-14-19(16-7-5-4-6-8-16)20(25)13-21(27)18(17)12-22(23)29-3/h4-8,11-12,19-21H,9-10,13-15,25H2,1-3H3/t19-,20+,21+/m0/s1. The lowest BCUT2D eigenvalue weighted by Gasteiger charge is -2.46. The van der Waals surface area contributed by atoms with Crippen molar-refractivity contribution in [2.45, 2.75) is 30.8 Å². The van der Waals surface area contributed by atoms with E-state index in [0.717, 1.165) is 25.9 Å². The monoisotopic (exact) mass is 409 g/mol. The van der Waals surface area contributed by atoms with Crippen LogP contribution in [0.2, 0.25) is 0 Å². The molecule has 6 heteroatoms. The third-order valence-electron chi connectivity index (χ3n) is 6.41. The zero-order chi connectivity index (χ0) is 21.3. The molecule has 2 heterocycles. The zero-order valence-corrected chi connectivity index (χ0v) is 18.0. The minimum absolute atomic E-state index is 0.00132. The van der Waals surface area contributed by atoms with Crippen LogP contribution in [0.5, 0.6) is 11.5 Å². The van der Waals surface area contributed by atoms with Crippen molar-refractivity contribution in [3.05, 3.63) is 59.2 Å². The maximum Gasteiger partial charge on any atom is 0.259 e. The molecule has 0 aliphatic carbocycles. The van der Waals surface area contributed by atoms with E-state index in [0.29, 0.717) is 17.4 Å². The molecule has 1 fully saturated rings. The van der Waals surface area contributed by atoms with Gasteiger partial charge in [-0.1, -0.05) is 30.3 Å². The molecule has 160 valence electrons. The van der Waals surface area contributed by atoms with E-state index < -0.39 is 0 Å². The van der Waals surface area contributed by atoms with Gasteiger partial charge in [0.1, 0.15) is 0 Å². The Morgan fingerprint density at radius 2 is 1.97 bits per heavy atom. The Bertz CT molecular complexity index is 900. The predicted octanol–water partition coefficient (Wildman–Crippen LogP) is 2.58. The fourth-order valence-corrected chi connectivity index (χ4v) is 4.66. The lowest BCUT2D eigenvalue weighted by atomic mass is 9.78. The summed E-state index contributed by atoms with van der Waals surface area (Å²) >= 11 is 0. The summed E-state index contributed by atoms with van der Waals surface area (Å²) in [5, 5.41) is 0. The number of carbonyl (C=O) groups is 1. The second-order valence-corrected chi connectivity index (χ2v) is 8.46. The molecule has 30 heavy (non-hydrogen) atoms. The lowest BCUT2D eigenvalue weighted by molar-refractivity contribution is -0.130. The first kappa shape index (κ1) is 20.7. The highest BCUT2D eigenvalue weighted by Crippen LogP contribution is 2.44. The first-order valence-corrected chi connectivity index (χ1v) is 10.6. The molecule has 6 nitrogen and oxygen atoms in total. The van der Waals surface area contributed by atoms with Gasteiger partial charge in [-0.15, -0.1) is 0 Å². The topological polar surface area (TPSA) is 68.0 Å². The summed E-state index contributed by atoms with van der Waals surface area (Å²) in [7, 11) is 5.08. The van der Waals surface area contributed by atoms with Crippen molar-refractivity contribution in [2.75, 3.05) is 40.9 Å². The molecule has 2 aliphatic rings. The lowest BCUT2D eigenvalue weighted by Crippen LogP contribution is -2.49. The second-order valence-electron chi connectivity index (χ2n) is 8.46. The number of likely N-dealkylation sites (N-methyl/N-ethyl adjacent to an activating group) is 1. The molecule has 0 bridgehead atoms. The number of benzene rings is 2. The van der Waals surface area contributed by atoms with Gasteiger partial charge in [0, 0.05) is 45.2 Å². The quantitative estimate of drug-likeness (QED) is 0.822. The van der Waals surface area contributed by atoms with Crippen LogP contribution in [0.1, 0.15) is 35.1 Å². The number of hydrogen-bond acceptors (Lipinski definition) is 5. The third-order valence-corrected chi connectivity index (χ3v) is 6.41. The molecule has 4 rings (SSSR count). The van der Waals surface area contributed by atoms with Gasteiger partial charge in [0.2, 0.25) is 0 Å². The SMILES string of the molecule is COc1cc2c(cc1OCC(=O)N(C)C)CCN1C[C@@H](c3ccccc3)[C@H](N)C[C@H]21. The molecule has 3 atom stereocenters. The number of methoxy groups -OCH3 is 1. The number of nitrogens with zero attached hydrogens (tertiary/aromatic N) is 2. The van der Waals surface area contributed by atoms with Gasteiger partial charge in [0.15, 0.2) is 18.1 Å². The van der Waals surface area contributed by atoms with Crippen LogP contribution in [0.15, 0.2) is 42.5 Å². The van der Waals surface area contributed by atoms with Crippen LogP contribution in [0.4, 0.5) is 0 Å². The van der Waals surface area contributed by atoms with Gasteiger partial charge in [-0.25, -0.2) is 0 Å². The number of ether oxygens (including phenoxy) is 2. The van der Waals surface area contributed by atoms with Crippen molar-refractivity contribution >= 4 is 5.91 Å². The number of fused-ring (bicyclic) bond motifs is 3. The van der Waals surface area contributed by atoms with Crippen LogP contribution in [-0.4, -0.2) is 62.7 Å². The summed E-state index contributed by atoms with van der Waals surface area (Å²) < 4.78 is 11.4. The normalized spacial score (nSPS) is 23.3. The maximum atomic E-state index is 11.9. The Labute approximate surface area is 178 Å². The van der Waals surface area contributed by atoms with Crippen LogP contribution >= 0.6 is 0 Å². The Morgan fingerprint density at radius 3 is 2.67 bits per heavy atom. The van der Waals surface area contributed by atoms with E-state index >= 15 is 0 Å². The number of rotatable bonds is 5. The van der Waals surface area contributed by atoms with Crippen molar-refractivity contribution in [1.29, 1.82) is 0 Å². The molecule has 0 aromatic heterocycles. The number of amides is 1. The largest absolute Gasteiger partial charge is 0.493 e. The minimum atomic E-state index is -0.0776. The molecule has 1 saturated heterocycles. The van der Waals surface area contributed by atoms with E-state index in [9.17, 15) is 4.79 Å². The zero-order valence-electron chi connectivity index (χ0n) is 18.0. The van der Waals surface area contributed by atoms with Gasteiger partial charge in [-0.3, -0.25) is 9.69 Å². The number of carbonyl (C=O) groups excluding carboxylic acids is 1. The molecule has 2 aromatic rings. The summed E-state index contributed by atoms with van der Waals surface area (Å²) in [5.41, 5.74) is 10.5. The fraction of sp³-hybridized carbons (Fsp3) is 0.458. The molecule has 0 spiro atoms. The summed E-state index contributed by atoms with van der Waals surface area (Å²) in [6, 6.07) is 15.1. The summed E-state index contributed by atoms with van der Waals surface area (Å²) in [6.07, 6.45) is 1.86. The molecular formula is C24H31N3O3. The van der Waals surface area contributed by atoms with Crippen LogP contribution in [0, 0.1) is 0 Å². The van der Waals surface area contributed by atoms with Crippen LogP contribution in [0.3, 0.4) is 0 Å². The number of piperidine rings is 1. The van der Waals surface area contributed by atoms with Gasteiger partial charge in [-0.2, -0.15) is 0 Å². The van der Waals surface area contributed by atoms with Crippen LogP contribution in [0.25, 0.3) is 0 Å². The molecule has 2 aliphatic heterocycles. The van der Waals surface area contributed by atoms with E-state index in [-0.39, 0.29) is 24.6 Å². The summed E-state index contributed by atoms with van der Waals surface area (Å²) in [5.74, 6) is 1.57. The molecule has 2 aromatic carbocycles. The van der Waals surface area contributed by atoms with Gasteiger partial charge in [0.05, 0.1) is 7.11 Å². The average Bonchev–Trinajstić information content (AvgIpc) is 2.76. The number of hydrogen-bond donors (Lipinski definition) is 1. The Balaban J connectivity index is 1.56. The van der Waals surface area contributed by atoms with Crippen molar-refractivity contribution in [3.8, 4) is 11.5 Å². The molecule has 2 N–H and O–H groups in total. The summed E-state index contributed by atoms with van der Waals surface area (Å²) in [4.78, 5) is 16.0. The fourth-order valence-electron chi connectivity index (χ4n) is 4.66. The van der Waals surface area contributed by atoms with Crippen LogP contribution < -0.4 is 15.2 Å². The second kappa shape index (κ2) is 8.66. The van der Waals surface area contributed by atoms with Gasteiger partial charge in [-0.05, 0) is 41.7 Å². The third kappa shape index (κ3) is 4.02. The highest BCUT2D eigenvalue weighted by molar-refractivity contribution is 5.77. The smallest absolute Gasteiger partial charge is 0.259 e. The van der Waals surface area contributed by atoms with Crippen molar-refractivity contribution in [1.82, 2.24) is 9.80 Å². The molecule has 0 radical (unpaired) electrons. The van der Waals surface area contributed by atoms with Crippen LogP contribution in [-0.2, 0) is 11.2 Å². The minimum Gasteiger partial charge on any atom is -0.493 e. The number of nitrogens with two attached hydrogens (primary N) is 1. The van der Waals surface area contributed by atoms with E-state index in [1.165, 1.54) is 21.6 Å². The first-order valence-electron chi connectivity index (χ1n) is 10.6. The van der Waals surface area contributed by atoms with Crippen molar-refractivity contribution in [3.63, 3.8) is 0 Å². The van der Waals surface area contributed by atoms with E-state index in [2.05, 4.69) is 41.3 Å². The van der Waals surface area contributed by atoms with Crippen molar-refractivity contribution in [2.24, 2.45) is 5.73 Å². The van der Waals surface area contributed by atoms with Gasteiger partial charge < -0.3 is 20.1 Å². The van der Waals surface area contributed by atoms with E-state index in [1.54, 1.807) is 21.2 Å². The highest BCUT2D eigenvalue weighted by Gasteiger charge is 2.38. The van der Waals surface area contributed by atoms with Gasteiger partial charge in [0.25, 0.3) is 5.91 Å². The predicted molar refractivity (Wildman–Crippen MR) is 117 cm³/mol. The average molecular weight is 410 g/mol. The Morgan fingerprint density at radius 1 is 1.20 bits per heavy atom. The van der Waals surface area contributed by atoms with E-state index in [4.69, 9.17) is 15.2 Å². The maximum absolute atomic E-state index is 11.9. The van der Waals surface area contributed by atoms with E-state index in [1.807, 2.05) is 6.07 Å². The Kier molecular flexibility index (Phi) is 5.97. The van der Waals surface area contributed by atoms with Crippen molar-refractivity contribution < 1.29 is 14.3 Å². The van der Waals surface area contributed by atoms with Gasteiger partial charge >= 0.3 is 0 Å². The molecule has 1 amide bonds. The Hall–Kier alpha value is -2.57. The molecule has 0 unspecified atom stereocenters. The molecular weight excluding hydrogens is 378 g/mol. The molecule has 0 saturated carbocycles. The highest BCUT2D eigenvalue weighted by atomic mass is 16.5.